The van der Waals surface area contributed by atoms with Crippen molar-refractivity contribution in [1.29, 1.82) is 0 Å². The molecule has 0 saturated carbocycles. The second-order valence-electron chi connectivity index (χ2n) is 4.22. The molecule has 1 atom stereocenters. The molecule has 1 aliphatic heterocycles. The van der Waals surface area contributed by atoms with Gasteiger partial charge in [0.25, 0.3) is 5.91 Å². The van der Waals surface area contributed by atoms with E-state index in [-0.39, 0.29) is 5.91 Å². The average molecular weight is 254 g/mol. The van der Waals surface area contributed by atoms with Crippen molar-refractivity contribution in [2.24, 2.45) is 0 Å². The van der Waals surface area contributed by atoms with E-state index >= 15 is 0 Å². The van der Waals surface area contributed by atoms with Gasteiger partial charge in [0.2, 0.25) is 0 Å². The Labute approximate surface area is 105 Å². The van der Waals surface area contributed by atoms with Gasteiger partial charge < -0.3 is 16.0 Å². The van der Waals surface area contributed by atoms with E-state index in [1.54, 1.807) is 7.05 Å². The summed E-state index contributed by atoms with van der Waals surface area (Å²) in [4.78, 5) is 14.1. The Morgan fingerprint density at radius 1 is 1.71 bits per heavy atom. The lowest BCUT2D eigenvalue weighted by Gasteiger charge is -2.24. The van der Waals surface area contributed by atoms with Crippen LogP contribution in [-0.4, -0.2) is 29.9 Å². The van der Waals surface area contributed by atoms with Crippen molar-refractivity contribution in [2.45, 2.75) is 32.2 Å². The van der Waals surface area contributed by atoms with Crippen LogP contribution >= 0.6 is 11.5 Å². The highest BCUT2D eigenvalue weighted by Crippen LogP contribution is 2.36. The first-order chi connectivity index (χ1) is 8.19. The Balaban J connectivity index is 2.35. The van der Waals surface area contributed by atoms with Crippen molar-refractivity contribution in [1.82, 2.24) is 9.69 Å². The van der Waals surface area contributed by atoms with E-state index in [9.17, 15) is 4.79 Å². The van der Waals surface area contributed by atoms with Gasteiger partial charge in [-0.15, -0.1) is 0 Å². The third-order valence-corrected chi connectivity index (χ3v) is 4.16. The van der Waals surface area contributed by atoms with Crippen molar-refractivity contribution < 1.29 is 4.79 Å². The lowest BCUT2D eigenvalue weighted by molar-refractivity contribution is 0.0964. The molecule has 2 heterocycles. The predicted molar refractivity (Wildman–Crippen MR) is 70.6 cm³/mol. The zero-order valence-corrected chi connectivity index (χ0v) is 11.0. The minimum absolute atomic E-state index is 0.145. The Hall–Kier alpha value is -1.30. The van der Waals surface area contributed by atoms with Crippen LogP contribution in [0.2, 0.25) is 0 Å². The normalized spacial score (nSPS) is 19.6. The first-order valence-electron chi connectivity index (χ1n) is 5.92. The Kier molecular flexibility index (Phi) is 3.51. The molecular formula is C11H18N4OS. The van der Waals surface area contributed by atoms with E-state index in [0.29, 0.717) is 17.4 Å². The number of anilines is 2. The molecule has 0 aliphatic carbocycles. The molecule has 1 aromatic heterocycles. The number of nitrogens with two attached hydrogens (primary N) is 1. The van der Waals surface area contributed by atoms with Gasteiger partial charge in [-0.2, -0.15) is 4.37 Å². The number of aromatic nitrogens is 1. The van der Waals surface area contributed by atoms with E-state index in [2.05, 4.69) is 21.5 Å². The molecule has 0 aromatic carbocycles. The SMILES string of the molecule is CCC1CCCN1c1snc(N)c1C(=O)NC. The third-order valence-electron chi connectivity index (χ3n) is 3.26. The molecule has 94 valence electrons. The van der Waals surface area contributed by atoms with E-state index in [1.165, 1.54) is 24.4 Å². The van der Waals surface area contributed by atoms with E-state index < -0.39 is 0 Å². The van der Waals surface area contributed by atoms with Gasteiger partial charge in [0.1, 0.15) is 10.6 Å². The minimum Gasteiger partial charge on any atom is -0.382 e. The van der Waals surface area contributed by atoms with E-state index in [4.69, 9.17) is 5.73 Å². The van der Waals surface area contributed by atoms with Crippen LogP contribution in [0.25, 0.3) is 0 Å². The molecule has 1 aliphatic rings. The first-order valence-corrected chi connectivity index (χ1v) is 6.70. The van der Waals surface area contributed by atoms with Crippen molar-refractivity contribution >= 4 is 28.3 Å². The molecule has 6 heteroatoms. The highest BCUT2D eigenvalue weighted by molar-refractivity contribution is 7.11. The number of carbonyl (C=O) groups is 1. The standard InChI is InChI=1S/C11H18N4OS/c1-3-7-5-4-6-15(7)11-8(10(16)13-2)9(12)14-17-11/h7H,3-6H2,1-2H3,(H2,12,14)(H,13,16). The van der Waals surface area contributed by atoms with Crippen LogP contribution in [0.15, 0.2) is 0 Å². The van der Waals surface area contributed by atoms with Gasteiger partial charge in [0, 0.05) is 19.6 Å². The van der Waals surface area contributed by atoms with Crippen LogP contribution < -0.4 is 16.0 Å². The average Bonchev–Trinajstić information content (AvgIpc) is 2.93. The summed E-state index contributed by atoms with van der Waals surface area (Å²) in [5.41, 5.74) is 6.32. The highest BCUT2D eigenvalue weighted by atomic mass is 32.1. The number of hydrogen-bond donors (Lipinski definition) is 2. The van der Waals surface area contributed by atoms with E-state index in [0.717, 1.165) is 18.0 Å². The van der Waals surface area contributed by atoms with Crippen molar-refractivity contribution in [3.8, 4) is 0 Å². The molecule has 0 bridgehead atoms. The fraction of sp³-hybridized carbons (Fsp3) is 0.636. The van der Waals surface area contributed by atoms with Crippen LogP contribution in [0.5, 0.6) is 0 Å². The van der Waals surface area contributed by atoms with Gasteiger partial charge >= 0.3 is 0 Å². The lowest BCUT2D eigenvalue weighted by atomic mass is 10.1. The molecule has 1 unspecified atom stereocenters. The molecule has 2 rings (SSSR count). The summed E-state index contributed by atoms with van der Waals surface area (Å²) in [6, 6.07) is 0.512. The first kappa shape index (κ1) is 12.2. The summed E-state index contributed by atoms with van der Waals surface area (Å²) >= 11 is 1.33. The number of hydrogen-bond acceptors (Lipinski definition) is 5. The van der Waals surface area contributed by atoms with Gasteiger partial charge in [-0.1, -0.05) is 6.92 Å². The Bertz CT molecular complexity index is 418. The predicted octanol–water partition coefficient (Wildman–Crippen LogP) is 1.46. The molecule has 0 radical (unpaired) electrons. The van der Waals surface area contributed by atoms with Gasteiger partial charge in [-0.25, -0.2) is 0 Å². The number of nitrogens with zero attached hydrogens (tertiary/aromatic N) is 2. The maximum absolute atomic E-state index is 11.8. The van der Waals surface area contributed by atoms with Crippen LogP contribution in [0.3, 0.4) is 0 Å². The second kappa shape index (κ2) is 4.91. The van der Waals surface area contributed by atoms with Gasteiger partial charge in [-0.3, -0.25) is 4.79 Å². The maximum Gasteiger partial charge on any atom is 0.257 e. The largest absolute Gasteiger partial charge is 0.382 e. The summed E-state index contributed by atoms with van der Waals surface area (Å²) in [5.74, 6) is 0.194. The fourth-order valence-corrected chi connectivity index (χ4v) is 3.27. The summed E-state index contributed by atoms with van der Waals surface area (Å²) in [5, 5.41) is 3.55. The molecule has 5 nitrogen and oxygen atoms in total. The summed E-state index contributed by atoms with van der Waals surface area (Å²) < 4.78 is 4.12. The monoisotopic (exact) mass is 254 g/mol. The maximum atomic E-state index is 11.8. The number of nitrogens with one attached hydrogen (secondary N) is 1. The van der Waals surface area contributed by atoms with Crippen LogP contribution in [0.1, 0.15) is 36.5 Å². The quantitative estimate of drug-likeness (QED) is 0.856. The number of carbonyl (C=O) groups excluding carboxylic acids is 1. The summed E-state index contributed by atoms with van der Waals surface area (Å²) in [6.45, 7) is 3.16. The topological polar surface area (TPSA) is 71.2 Å². The Morgan fingerprint density at radius 3 is 3.12 bits per heavy atom. The van der Waals surface area contributed by atoms with Gasteiger partial charge in [0.15, 0.2) is 5.82 Å². The van der Waals surface area contributed by atoms with E-state index in [1.807, 2.05) is 0 Å². The summed E-state index contributed by atoms with van der Waals surface area (Å²) in [7, 11) is 1.62. The molecule has 1 saturated heterocycles. The van der Waals surface area contributed by atoms with Crippen molar-refractivity contribution in [2.75, 3.05) is 24.2 Å². The minimum atomic E-state index is -0.145. The number of rotatable bonds is 3. The van der Waals surface area contributed by atoms with Crippen molar-refractivity contribution in [3.05, 3.63) is 5.56 Å². The van der Waals surface area contributed by atoms with Gasteiger partial charge in [-0.05, 0) is 30.8 Å². The van der Waals surface area contributed by atoms with Crippen molar-refractivity contribution in [3.63, 3.8) is 0 Å². The van der Waals surface area contributed by atoms with Crippen LogP contribution in [-0.2, 0) is 0 Å². The molecule has 17 heavy (non-hydrogen) atoms. The van der Waals surface area contributed by atoms with Crippen LogP contribution in [0, 0.1) is 0 Å². The van der Waals surface area contributed by atoms with Gasteiger partial charge in [0.05, 0.1) is 0 Å². The molecule has 0 spiro atoms. The van der Waals surface area contributed by atoms with Crippen LogP contribution in [0.4, 0.5) is 10.8 Å². The molecular weight excluding hydrogens is 236 g/mol. The molecule has 1 amide bonds. The lowest BCUT2D eigenvalue weighted by Crippen LogP contribution is -2.30. The summed E-state index contributed by atoms with van der Waals surface area (Å²) in [6.07, 6.45) is 3.44. The third kappa shape index (κ3) is 2.09. The second-order valence-corrected chi connectivity index (χ2v) is 4.98. The number of nitrogen functional groups attached to an aromatic ring is 1. The molecule has 1 aromatic rings. The smallest absolute Gasteiger partial charge is 0.257 e. The molecule has 3 N–H and O–H groups in total. The highest BCUT2D eigenvalue weighted by Gasteiger charge is 2.29. The zero-order chi connectivity index (χ0) is 12.4. The number of amides is 1. The zero-order valence-electron chi connectivity index (χ0n) is 10.2. The Morgan fingerprint density at radius 2 is 2.47 bits per heavy atom. The fourth-order valence-electron chi connectivity index (χ4n) is 2.36. The molecule has 1 fully saturated rings.